The highest BCUT2D eigenvalue weighted by molar-refractivity contribution is 4.75. The molecule has 90 valence electrons. The SMILES string of the molecule is CCCOCCCN1CCC(NC)CC1. The molecule has 1 saturated heterocycles. The normalized spacial score (nSPS) is 19.6. The summed E-state index contributed by atoms with van der Waals surface area (Å²) in [5.74, 6) is 0. The molecule has 1 heterocycles. The molecule has 0 atom stereocenters. The fraction of sp³-hybridized carbons (Fsp3) is 1.00. The standard InChI is InChI=1S/C12H26N2O/c1-3-10-15-11-4-7-14-8-5-12(13-2)6-9-14/h12-13H,3-11H2,1-2H3. The number of rotatable bonds is 7. The fourth-order valence-electron chi connectivity index (χ4n) is 2.08. The molecule has 3 nitrogen and oxygen atoms in total. The van der Waals surface area contributed by atoms with Gasteiger partial charge in [-0.1, -0.05) is 6.92 Å². The monoisotopic (exact) mass is 214 g/mol. The third-order valence-electron chi connectivity index (χ3n) is 3.11. The Morgan fingerprint density at radius 1 is 1.27 bits per heavy atom. The summed E-state index contributed by atoms with van der Waals surface area (Å²) in [7, 11) is 2.07. The summed E-state index contributed by atoms with van der Waals surface area (Å²) in [6, 6.07) is 0.748. The Kier molecular flexibility index (Phi) is 6.98. The number of hydrogen-bond donors (Lipinski definition) is 1. The summed E-state index contributed by atoms with van der Waals surface area (Å²) < 4.78 is 5.48. The molecule has 0 aliphatic carbocycles. The molecule has 0 radical (unpaired) electrons. The van der Waals surface area contributed by atoms with Crippen LogP contribution in [0.3, 0.4) is 0 Å². The van der Waals surface area contributed by atoms with Crippen LogP contribution in [0.5, 0.6) is 0 Å². The summed E-state index contributed by atoms with van der Waals surface area (Å²) in [4.78, 5) is 2.56. The quantitative estimate of drug-likeness (QED) is 0.650. The summed E-state index contributed by atoms with van der Waals surface area (Å²) in [6.45, 7) is 7.71. The van der Waals surface area contributed by atoms with Gasteiger partial charge < -0.3 is 15.0 Å². The van der Waals surface area contributed by atoms with Crippen molar-refractivity contribution in [2.75, 3.05) is 39.9 Å². The van der Waals surface area contributed by atoms with Crippen molar-refractivity contribution < 1.29 is 4.74 Å². The van der Waals surface area contributed by atoms with E-state index < -0.39 is 0 Å². The Morgan fingerprint density at radius 3 is 2.60 bits per heavy atom. The lowest BCUT2D eigenvalue weighted by molar-refractivity contribution is 0.115. The number of hydrogen-bond acceptors (Lipinski definition) is 3. The highest BCUT2D eigenvalue weighted by Crippen LogP contribution is 2.09. The van der Waals surface area contributed by atoms with Crippen LogP contribution in [0.25, 0.3) is 0 Å². The molecule has 0 unspecified atom stereocenters. The second-order valence-electron chi connectivity index (χ2n) is 4.37. The van der Waals surface area contributed by atoms with Crippen LogP contribution in [0.1, 0.15) is 32.6 Å². The molecule has 1 N–H and O–H groups in total. The maximum absolute atomic E-state index is 5.48. The minimum atomic E-state index is 0.748. The van der Waals surface area contributed by atoms with Gasteiger partial charge in [0.25, 0.3) is 0 Å². The largest absolute Gasteiger partial charge is 0.381 e. The molecule has 1 fully saturated rings. The van der Waals surface area contributed by atoms with E-state index in [9.17, 15) is 0 Å². The van der Waals surface area contributed by atoms with Crippen molar-refractivity contribution in [3.63, 3.8) is 0 Å². The number of nitrogens with zero attached hydrogens (tertiary/aromatic N) is 1. The van der Waals surface area contributed by atoms with Crippen molar-refractivity contribution in [2.24, 2.45) is 0 Å². The van der Waals surface area contributed by atoms with Crippen LogP contribution in [-0.4, -0.2) is 50.8 Å². The van der Waals surface area contributed by atoms with E-state index >= 15 is 0 Å². The molecule has 0 aromatic rings. The molecule has 3 heteroatoms. The number of ether oxygens (including phenoxy) is 1. The molecular formula is C12H26N2O. The van der Waals surface area contributed by atoms with Gasteiger partial charge in [-0.25, -0.2) is 0 Å². The third kappa shape index (κ3) is 5.50. The molecule has 1 rings (SSSR count). The van der Waals surface area contributed by atoms with Crippen LogP contribution >= 0.6 is 0 Å². The zero-order valence-corrected chi connectivity index (χ0v) is 10.3. The first-order valence-electron chi connectivity index (χ1n) is 6.34. The minimum absolute atomic E-state index is 0.748. The predicted molar refractivity (Wildman–Crippen MR) is 64.2 cm³/mol. The molecule has 0 spiro atoms. The van der Waals surface area contributed by atoms with Crippen LogP contribution in [0, 0.1) is 0 Å². The molecular weight excluding hydrogens is 188 g/mol. The lowest BCUT2D eigenvalue weighted by Gasteiger charge is -2.31. The van der Waals surface area contributed by atoms with Gasteiger partial charge in [-0.2, -0.15) is 0 Å². The highest BCUT2D eigenvalue weighted by atomic mass is 16.5. The van der Waals surface area contributed by atoms with Gasteiger partial charge in [0.2, 0.25) is 0 Å². The maximum atomic E-state index is 5.48. The van der Waals surface area contributed by atoms with Gasteiger partial charge in [-0.15, -0.1) is 0 Å². The van der Waals surface area contributed by atoms with Gasteiger partial charge in [0.15, 0.2) is 0 Å². The van der Waals surface area contributed by atoms with E-state index in [1.807, 2.05) is 0 Å². The second-order valence-corrected chi connectivity index (χ2v) is 4.37. The molecule has 0 bridgehead atoms. The van der Waals surface area contributed by atoms with E-state index in [2.05, 4.69) is 24.2 Å². The smallest absolute Gasteiger partial charge is 0.0478 e. The van der Waals surface area contributed by atoms with Gasteiger partial charge in [-0.05, 0) is 45.8 Å². The average molecular weight is 214 g/mol. The Bertz CT molecular complexity index is 145. The van der Waals surface area contributed by atoms with E-state index in [4.69, 9.17) is 4.74 Å². The maximum Gasteiger partial charge on any atom is 0.0478 e. The minimum Gasteiger partial charge on any atom is -0.381 e. The number of likely N-dealkylation sites (tertiary alicyclic amines) is 1. The fourth-order valence-corrected chi connectivity index (χ4v) is 2.08. The molecule has 0 aromatic carbocycles. The second kappa shape index (κ2) is 8.08. The lowest BCUT2D eigenvalue weighted by atomic mass is 10.1. The molecule has 15 heavy (non-hydrogen) atoms. The van der Waals surface area contributed by atoms with Crippen LogP contribution in [-0.2, 0) is 4.74 Å². The molecule has 1 aliphatic heterocycles. The van der Waals surface area contributed by atoms with Crippen molar-refractivity contribution >= 4 is 0 Å². The predicted octanol–water partition coefficient (Wildman–Crippen LogP) is 1.49. The van der Waals surface area contributed by atoms with Crippen molar-refractivity contribution in [1.82, 2.24) is 10.2 Å². The lowest BCUT2D eigenvalue weighted by Crippen LogP contribution is -2.41. The number of nitrogens with one attached hydrogen (secondary N) is 1. The molecule has 0 saturated carbocycles. The summed E-state index contributed by atoms with van der Waals surface area (Å²) in [5, 5.41) is 3.36. The summed E-state index contributed by atoms with van der Waals surface area (Å²) >= 11 is 0. The van der Waals surface area contributed by atoms with Gasteiger partial charge >= 0.3 is 0 Å². The van der Waals surface area contributed by atoms with Crippen LogP contribution in [0.2, 0.25) is 0 Å². The molecule has 1 aliphatic rings. The van der Waals surface area contributed by atoms with Crippen molar-refractivity contribution in [1.29, 1.82) is 0 Å². The van der Waals surface area contributed by atoms with Crippen LogP contribution in [0.4, 0.5) is 0 Å². The topological polar surface area (TPSA) is 24.5 Å². The van der Waals surface area contributed by atoms with Crippen molar-refractivity contribution in [3.8, 4) is 0 Å². The Hall–Kier alpha value is -0.120. The summed E-state index contributed by atoms with van der Waals surface area (Å²) in [5.41, 5.74) is 0. The van der Waals surface area contributed by atoms with E-state index in [0.29, 0.717) is 0 Å². The van der Waals surface area contributed by atoms with Gasteiger partial charge in [0.05, 0.1) is 0 Å². The molecule has 0 aromatic heterocycles. The van der Waals surface area contributed by atoms with Crippen LogP contribution < -0.4 is 5.32 Å². The van der Waals surface area contributed by atoms with Crippen LogP contribution in [0.15, 0.2) is 0 Å². The van der Waals surface area contributed by atoms with E-state index in [1.54, 1.807) is 0 Å². The van der Waals surface area contributed by atoms with Crippen molar-refractivity contribution in [2.45, 2.75) is 38.6 Å². The molecule has 0 amide bonds. The summed E-state index contributed by atoms with van der Waals surface area (Å²) in [6.07, 6.45) is 4.91. The van der Waals surface area contributed by atoms with E-state index in [0.717, 1.165) is 25.7 Å². The zero-order chi connectivity index (χ0) is 10.9. The van der Waals surface area contributed by atoms with E-state index in [1.165, 1.54) is 38.9 Å². The van der Waals surface area contributed by atoms with Gasteiger partial charge in [-0.3, -0.25) is 0 Å². The Labute approximate surface area is 94.2 Å². The first-order chi connectivity index (χ1) is 7.36. The van der Waals surface area contributed by atoms with Gasteiger partial charge in [0.1, 0.15) is 0 Å². The zero-order valence-electron chi connectivity index (χ0n) is 10.3. The first-order valence-corrected chi connectivity index (χ1v) is 6.34. The first kappa shape index (κ1) is 12.9. The van der Waals surface area contributed by atoms with E-state index in [-0.39, 0.29) is 0 Å². The highest BCUT2D eigenvalue weighted by Gasteiger charge is 2.16. The third-order valence-corrected chi connectivity index (χ3v) is 3.11. The Balaban J connectivity index is 1.94. The number of piperidine rings is 1. The van der Waals surface area contributed by atoms with Gasteiger partial charge in [0, 0.05) is 25.8 Å². The average Bonchev–Trinajstić information content (AvgIpc) is 2.30. The van der Waals surface area contributed by atoms with Crippen molar-refractivity contribution in [3.05, 3.63) is 0 Å². The Morgan fingerprint density at radius 2 is 2.00 bits per heavy atom.